The zero-order valence-corrected chi connectivity index (χ0v) is 10.1. The van der Waals surface area contributed by atoms with Crippen LogP contribution < -0.4 is 0 Å². The predicted octanol–water partition coefficient (Wildman–Crippen LogP) is 2.98. The predicted molar refractivity (Wildman–Crippen MR) is 60.3 cm³/mol. The molecule has 2 rings (SSSR count). The van der Waals surface area contributed by atoms with Crippen molar-refractivity contribution in [2.45, 2.75) is 38.5 Å². The van der Waals surface area contributed by atoms with Crippen molar-refractivity contribution < 1.29 is 4.74 Å². The summed E-state index contributed by atoms with van der Waals surface area (Å²) >= 11 is 11.7. The highest BCUT2D eigenvalue weighted by atomic mass is 35.5. The Hall–Kier alpha value is -0.760. The number of ether oxygens (including phenoxy) is 1. The lowest BCUT2D eigenvalue weighted by Gasteiger charge is -2.12. The quantitative estimate of drug-likeness (QED) is 0.839. The Morgan fingerprint density at radius 1 is 1.44 bits per heavy atom. The molecule has 0 atom stereocenters. The molecule has 4 nitrogen and oxygen atoms in total. The Morgan fingerprint density at radius 2 is 2.12 bits per heavy atom. The number of aromatic nitrogens is 2. The van der Waals surface area contributed by atoms with E-state index in [4.69, 9.17) is 33.2 Å². The summed E-state index contributed by atoms with van der Waals surface area (Å²) < 4.78 is 7.14. The topological polar surface area (TPSA) is 50.8 Å². The van der Waals surface area contributed by atoms with Crippen LogP contribution in [0.5, 0.6) is 0 Å². The second kappa shape index (κ2) is 5.05. The maximum atomic E-state index is 8.84. The summed E-state index contributed by atoms with van der Waals surface area (Å²) in [7, 11) is 0. The van der Waals surface area contributed by atoms with Crippen LogP contribution in [0.4, 0.5) is 0 Å². The average molecular weight is 260 g/mol. The van der Waals surface area contributed by atoms with E-state index in [0.29, 0.717) is 0 Å². The Labute approximate surface area is 104 Å². The number of halogens is 2. The van der Waals surface area contributed by atoms with Gasteiger partial charge in [-0.2, -0.15) is 5.26 Å². The van der Waals surface area contributed by atoms with Crippen molar-refractivity contribution in [3.63, 3.8) is 0 Å². The van der Waals surface area contributed by atoms with E-state index in [1.165, 1.54) is 17.4 Å². The summed E-state index contributed by atoms with van der Waals surface area (Å²) in [6.07, 6.45) is 4.82. The first-order chi connectivity index (χ1) is 7.72. The number of imidazole rings is 1. The van der Waals surface area contributed by atoms with E-state index in [-0.39, 0.29) is 29.0 Å². The summed E-state index contributed by atoms with van der Waals surface area (Å²) in [5.41, 5.74) is 0. The van der Waals surface area contributed by atoms with Crippen LogP contribution in [-0.4, -0.2) is 15.7 Å². The second-order valence-corrected chi connectivity index (χ2v) is 4.48. The molecule has 6 heteroatoms. The average Bonchev–Trinajstić information content (AvgIpc) is 2.87. The molecule has 1 aliphatic rings. The van der Waals surface area contributed by atoms with Crippen molar-refractivity contribution in [2.24, 2.45) is 0 Å². The first-order valence-electron chi connectivity index (χ1n) is 5.15. The summed E-state index contributed by atoms with van der Waals surface area (Å²) in [6, 6.07) is 1.94. The van der Waals surface area contributed by atoms with E-state index in [2.05, 4.69) is 4.98 Å². The van der Waals surface area contributed by atoms with Crippen molar-refractivity contribution in [3.8, 4) is 6.07 Å². The molecule has 0 aliphatic heterocycles. The van der Waals surface area contributed by atoms with Gasteiger partial charge in [-0.15, -0.1) is 0 Å². The standard InChI is InChI=1S/C10H11Cl2N3O/c11-9-10(12)15(8(5-13)14-9)6-16-7-3-1-2-4-7/h7H,1-4,6H2. The van der Waals surface area contributed by atoms with Gasteiger partial charge < -0.3 is 4.74 Å². The van der Waals surface area contributed by atoms with E-state index in [9.17, 15) is 0 Å². The number of rotatable bonds is 3. The van der Waals surface area contributed by atoms with Crippen molar-refractivity contribution in [1.82, 2.24) is 9.55 Å². The molecule has 1 saturated carbocycles. The van der Waals surface area contributed by atoms with Crippen LogP contribution in [0, 0.1) is 11.3 Å². The Bertz CT molecular complexity index is 418. The Balaban J connectivity index is 2.05. The zero-order chi connectivity index (χ0) is 11.5. The molecule has 1 aliphatic carbocycles. The van der Waals surface area contributed by atoms with Crippen molar-refractivity contribution in [3.05, 3.63) is 16.1 Å². The SMILES string of the molecule is N#Cc1nc(Cl)c(Cl)n1COC1CCCC1. The smallest absolute Gasteiger partial charge is 0.217 e. The normalized spacial score (nSPS) is 16.6. The minimum Gasteiger partial charge on any atom is -0.357 e. The van der Waals surface area contributed by atoms with Gasteiger partial charge in [-0.25, -0.2) is 4.98 Å². The Kier molecular flexibility index (Phi) is 3.70. The van der Waals surface area contributed by atoms with Crippen LogP contribution in [-0.2, 0) is 11.5 Å². The highest BCUT2D eigenvalue weighted by Crippen LogP contribution is 2.25. The van der Waals surface area contributed by atoms with Crippen LogP contribution in [0.1, 0.15) is 31.5 Å². The van der Waals surface area contributed by atoms with Crippen molar-refractivity contribution in [1.29, 1.82) is 5.26 Å². The van der Waals surface area contributed by atoms with Gasteiger partial charge in [0.1, 0.15) is 12.8 Å². The summed E-state index contributed by atoms with van der Waals surface area (Å²) in [5.74, 6) is 0.188. The minimum atomic E-state index is 0.147. The molecule has 0 aromatic carbocycles. The lowest BCUT2D eigenvalue weighted by Crippen LogP contribution is -2.12. The highest BCUT2D eigenvalue weighted by molar-refractivity contribution is 6.40. The molecule has 1 fully saturated rings. The van der Waals surface area contributed by atoms with Gasteiger partial charge in [-0.05, 0) is 12.8 Å². The van der Waals surface area contributed by atoms with Crippen LogP contribution in [0.2, 0.25) is 10.3 Å². The maximum absolute atomic E-state index is 8.84. The number of nitrogens with zero attached hydrogens (tertiary/aromatic N) is 3. The largest absolute Gasteiger partial charge is 0.357 e. The van der Waals surface area contributed by atoms with E-state index in [1.54, 1.807) is 0 Å². The summed E-state index contributed by atoms with van der Waals surface area (Å²) in [4.78, 5) is 3.83. The van der Waals surface area contributed by atoms with Crippen LogP contribution in [0.25, 0.3) is 0 Å². The number of hydrogen-bond donors (Lipinski definition) is 0. The molecule has 0 amide bonds. The highest BCUT2D eigenvalue weighted by Gasteiger charge is 2.18. The molecular formula is C10H11Cl2N3O. The zero-order valence-electron chi connectivity index (χ0n) is 8.62. The van der Waals surface area contributed by atoms with Gasteiger partial charge >= 0.3 is 0 Å². The molecule has 16 heavy (non-hydrogen) atoms. The van der Waals surface area contributed by atoms with Gasteiger partial charge in [0.2, 0.25) is 5.82 Å². The molecule has 1 aromatic heterocycles. The monoisotopic (exact) mass is 259 g/mol. The van der Waals surface area contributed by atoms with Gasteiger partial charge in [0.25, 0.3) is 0 Å². The maximum Gasteiger partial charge on any atom is 0.217 e. The lowest BCUT2D eigenvalue weighted by atomic mass is 10.3. The van der Waals surface area contributed by atoms with Gasteiger partial charge in [-0.3, -0.25) is 4.57 Å². The third-order valence-electron chi connectivity index (χ3n) is 2.71. The molecule has 86 valence electrons. The first kappa shape index (κ1) is 11.7. The minimum absolute atomic E-state index is 0.147. The third-order valence-corrected chi connectivity index (χ3v) is 3.45. The van der Waals surface area contributed by atoms with Crippen LogP contribution in [0.3, 0.4) is 0 Å². The summed E-state index contributed by atoms with van der Waals surface area (Å²) in [6.45, 7) is 0.242. The molecule has 0 spiro atoms. The van der Waals surface area contributed by atoms with Crippen molar-refractivity contribution >= 4 is 23.2 Å². The number of hydrogen-bond acceptors (Lipinski definition) is 3. The molecule has 0 N–H and O–H groups in total. The van der Waals surface area contributed by atoms with E-state index >= 15 is 0 Å². The molecular weight excluding hydrogens is 249 g/mol. The van der Waals surface area contributed by atoms with E-state index in [0.717, 1.165) is 12.8 Å². The van der Waals surface area contributed by atoms with Crippen LogP contribution >= 0.6 is 23.2 Å². The van der Waals surface area contributed by atoms with Crippen LogP contribution in [0.15, 0.2) is 0 Å². The Morgan fingerprint density at radius 3 is 2.75 bits per heavy atom. The molecule has 1 aromatic rings. The lowest BCUT2D eigenvalue weighted by molar-refractivity contribution is 0.0112. The molecule has 0 radical (unpaired) electrons. The fourth-order valence-electron chi connectivity index (χ4n) is 1.84. The molecule has 0 unspecified atom stereocenters. The third kappa shape index (κ3) is 2.32. The van der Waals surface area contributed by atoms with Gasteiger partial charge in [0.05, 0.1) is 6.10 Å². The van der Waals surface area contributed by atoms with Gasteiger partial charge in [-0.1, -0.05) is 36.0 Å². The van der Waals surface area contributed by atoms with E-state index in [1.807, 2.05) is 6.07 Å². The van der Waals surface area contributed by atoms with Crippen molar-refractivity contribution in [2.75, 3.05) is 0 Å². The molecule has 0 saturated heterocycles. The fraction of sp³-hybridized carbons (Fsp3) is 0.600. The molecule has 1 heterocycles. The molecule has 0 bridgehead atoms. The number of nitriles is 1. The van der Waals surface area contributed by atoms with Gasteiger partial charge in [0, 0.05) is 0 Å². The first-order valence-corrected chi connectivity index (χ1v) is 5.91. The second-order valence-electron chi connectivity index (χ2n) is 3.76. The van der Waals surface area contributed by atoms with Gasteiger partial charge in [0.15, 0.2) is 10.3 Å². The fourth-order valence-corrected chi connectivity index (χ4v) is 2.20. The summed E-state index contributed by atoms with van der Waals surface area (Å²) in [5, 5.41) is 9.25. The van der Waals surface area contributed by atoms with E-state index < -0.39 is 0 Å².